The van der Waals surface area contributed by atoms with E-state index in [-0.39, 0.29) is 10.6 Å². The van der Waals surface area contributed by atoms with Crippen molar-refractivity contribution in [2.45, 2.75) is 11.8 Å². The lowest BCUT2D eigenvalue weighted by atomic mass is 10.1. The summed E-state index contributed by atoms with van der Waals surface area (Å²) in [5.41, 5.74) is 1.61. The standard InChI is InChI=1S/C10H9Br2ClO/c1-6-4-7(2-3-9(6)13)10(14)8(12)5-11/h2-4,8H,5H2,1H3. The van der Waals surface area contributed by atoms with Crippen molar-refractivity contribution in [2.24, 2.45) is 0 Å². The Labute approximate surface area is 105 Å². The number of Topliss-reactive ketones (excluding diaryl/α,β-unsaturated/α-hetero) is 1. The zero-order valence-corrected chi connectivity index (χ0v) is 11.5. The first-order valence-corrected chi connectivity index (χ1v) is 6.48. The molecule has 0 saturated carbocycles. The predicted molar refractivity (Wildman–Crippen MR) is 67.0 cm³/mol. The molecule has 0 N–H and O–H groups in total. The highest BCUT2D eigenvalue weighted by molar-refractivity contribution is 9.12. The Morgan fingerprint density at radius 1 is 1.57 bits per heavy atom. The van der Waals surface area contributed by atoms with Gasteiger partial charge >= 0.3 is 0 Å². The molecule has 0 fully saturated rings. The molecular formula is C10H9Br2ClO. The smallest absolute Gasteiger partial charge is 0.177 e. The number of hydrogen-bond donors (Lipinski definition) is 0. The third-order valence-electron chi connectivity index (χ3n) is 1.86. The first-order chi connectivity index (χ1) is 6.56. The van der Waals surface area contributed by atoms with Gasteiger partial charge in [0.2, 0.25) is 0 Å². The average Bonchev–Trinajstić information content (AvgIpc) is 2.20. The van der Waals surface area contributed by atoms with E-state index < -0.39 is 0 Å². The van der Waals surface area contributed by atoms with Gasteiger partial charge in [0.1, 0.15) is 0 Å². The lowest BCUT2D eigenvalue weighted by Crippen LogP contribution is -2.15. The summed E-state index contributed by atoms with van der Waals surface area (Å²) in [5.74, 6) is 0.0710. The zero-order chi connectivity index (χ0) is 10.7. The first kappa shape index (κ1) is 12.2. The molecule has 1 atom stereocenters. The second-order valence-electron chi connectivity index (χ2n) is 2.95. The van der Waals surface area contributed by atoms with Gasteiger partial charge in [-0.2, -0.15) is 0 Å². The van der Waals surface area contributed by atoms with Crippen LogP contribution in [-0.2, 0) is 0 Å². The van der Waals surface area contributed by atoms with Crippen LogP contribution in [0.3, 0.4) is 0 Å². The summed E-state index contributed by atoms with van der Waals surface area (Å²) in [5, 5.41) is 1.29. The van der Waals surface area contributed by atoms with Crippen molar-refractivity contribution < 1.29 is 4.79 Å². The molecule has 76 valence electrons. The van der Waals surface area contributed by atoms with Gasteiger partial charge in [0, 0.05) is 15.9 Å². The highest BCUT2D eigenvalue weighted by Gasteiger charge is 2.15. The van der Waals surface area contributed by atoms with Crippen LogP contribution in [0.1, 0.15) is 15.9 Å². The highest BCUT2D eigenvalue weighted by Crippen LogP contribution is 2.19. The number of rotatable bonds is 3. The largest absolute Gasteiger partial charge is 0.293 e. The maximum absolute atomic E-state index is 11.7. The van der Waals surface area contributed by atoms with E-state index in [0.29, 0.717) is 15.9 Å². The monoisotopic (exact) mass is 338 g/mol. The second kappa shape index (κ2) is 5.29. The van der Waals surface area contributed by atoms with Crippen LogP contribution in [0, 0.1) is 6.92 Å². The van der Waals surface area contributed by atoms with Gasteiger partial charge in [-0.1, -0.05) is 43.5 Å². The van der Waals surface area contributed by atoms with Crippen LogP contribution in [0.4, 0.5) is 0 Å². The van der Waals surface area contributed by atoms with Crippen LogP contribution in [0.5, 0.6) is 0 Å². The van der Waals surface area contributed by atoms with Crippen molar-refractivity contribution in [3.8, 4) is 0 Å². The number of benzene rings is 1. The molecule has 0 radical (unpaired) electrons. The Bertz CT molecular complexity index is 352. The fraction of sp³-hybridized carbons (Fsp3) is 0.300. The second-order valence-corrected chi connectivity index (χ2v) is 5.11. The molecule has 0 aromatic heterocycles. The molecule has 4 heteroatoms. The minimum absolute atomic E-state index is 0.0710. The number of ketones is 1. The summed E-state index contributed by atoms with van der Waals surface area (Å²) in [6.45, 7) is 1.89. The number of aryl methyl sites for hydroxylation is 1. The van der Waals surface area contributed by atoms with Crippen LogP contribution in [0.25, 0.3) is 0 Å². The summed E-state index contributed by atoms with van der Waals surface area (Å²) >= 11 is 12.4. The quantitative estimate of drug-likeness (QED) is 0.601. The van der Waals surface area contributed by atoms with Crippen molar-refractivity contribution in [3.63, 3.8) is 0 Å². The molecule has 14 heavy (non-hydrogen) atoms. The highest BCUT2D eigenvalue weighted by atomic mass is 79.9. The van der Waals surface area contributed by atoms with Crippen molar-refractivity contribution in [1.29, 1.82) is 0 Å². The van der Waals surface area contributed by atoms with Crippen LogP contribution in [0.2, 0.25) is 5.02 Å². The van der Waals surface area contributed by atoms with Crippen molar-refractivity contribution >= 4 is 49.2 Å². The van der Waals surface area contributed by atoms with Gasteiger partial charge in [0.05, 0.1) is 4.83 Å². The normalized spacial score (nSPS) is 12.6. The topological polar surface area (TPSA) is 17.1 Å². The van der Waals surface area contributed by atoms with E-state index in [4.69, 9.17) is 11.6 Å². The van der Waals surface area contributed by atoms with E-state index in [2.05, 4.69) is 31.9 Å². The number of carbonyl (C=O) groups is 1. The van der Waals surface area contributed by atoms with Crippen LogP contribution >= 0.6 is 43.5 Å². The van der Waals surface area contributed by atoms with Gasteiger partial charge < -0.3 is 0 Å². The van der Waals surface area contributed by atoms with Gasteiger partial charge in [0.15, 0.2) is 5.78 Å². The first-order valence-electron chi connectivity index (χ1n) is 4.06. The van der Waals surface area contributed by atoms with Gasteiger partial charge in [-0.25, -0.2) is 0 Å². The minimum Gasteiger partial charge on any atom is -0.293 e. The molecule has 0 aliphatic heterocycles. The molecule has 1 rings (SSSR count). The van der Waals surface area contributed by atoms with E-state index in [9.17, 15) is 4.79 Å². The number of carbonyl (C=O) groups excluding carboxylic acids is 1. The molecule has 1 aromatic rings. The summed E-state index contributed by atoms with van der Waals surface area (Å²) in [7, 11) is 0. The van der Waals surface area contributed by atoms with E-state index >= 15 is 0 Å². The molecule has 0 heterocycles. The number of halogens is 3. The molecule has 0 bridgehead atoms. The van der Waals surface area contributed by atoms with Crippen LogP contribution < -0.4 is 0 Å². The maximum Gasteiger partial charge on any atom is 0.177 e. The molecule has 0 amide bonds. The molecule has 1 nitrogen and oxygen atoms in total. The molecular weight excluding hydrogens is 331 g/mol. The Kier molecular flexibility index (Phi) is 4.61. The molecule has 0 aliphatic rings. The molecule has 0 saturated heterocycles. The fourth-order valence-electron chi connectivity index (χ4n) is 1.05. The SMILES string of the molecule is Cc1cc(C(=O)C(Br)CBr)ccc1Cl. The van der Waals surface area contributed by atoms with Crippen LogP contribution in [-0.4, -0.2) is 15.9 Å². The third-order valence-corrected chi connectivity index (χ3v) is 4.54. The Morgan fingerprint density at radius 2 is 2.21 bits per heavy atom. The molecule has 1 unspecified atom stereocenters. The summed E-state index contributed by atoms with van der Waals surface area (Å²) < 4.78 is 0. The van der Waals surface area contributed by atoms with Crippen molar-refractivity contribution in [2.75, 3.05) is 5.33 Å². The average molecular weight is 340 g/mol. The third kappa shape index (κ3) is 2.81. The minimum atomic E-state index is -0.178. The predicted octanol–water partition coefficient (Wildman–Crippen LogP) is 3.99. The lowest BCUT2D eigenvalue weighted by Gasteiger charge is -2.06. The van der Waals surface area contributed by atoms with E-state index in [0.717, 1.165) is 5.56 Å². The van der Waals surface area contributed by atoms with Gasteiger partial charge in [-0.15, -0.1) is 0 Å². The summed E-state index contributed by atoms with van der Waals surface area (Å²) in [6, 6.07) is 5.30. The molecule has 1 aromatic carbocycles. The van der Waals surface area contributed by atoms with Crippen LogP contribution in [0.15, 0.2) is 18.2 Å². The van der Waals surface area contributed by atoms with Gasteiger partial charge in [-0.05, 0) is 30.7 Å². The molecule has 0 spiro atoms. The lowest BCUT2D eigenvalue weighted by molar-refractivity contribution is 0.0997. The summed E-state index contributed by atoms with van der Waals surface area (Å²) in [4.78, 5) is 11.5. The molecule has 0 aliphatic carbocycles. The zero-order valence-electron chi connectivity index (χ0n) is 7.56. The van der Waals surface area contributed by atoms with E-state index in [1.807, 2.05) is 13.0 Å². The Morgan fingerprint density at radius 3 is 2.71 bits per heavy atom. The van der Waals surface area contributed by atoms with Crippen molar-refractivity contribution in [1.82, 2.24) is 0 Å². The fourth-order valence-corrected chi connectivity index (χ4v) is 1.72. The Balaban J connectivity index is 2.97. The number of alkyl halides is 2. The Hall–Kier alpha value is 0.140. The summed E-state index contributed by atoms with van der Waals surface area (Å²) in [6.07, 6.45) is 0. The van der Waals surface area contributed by atoms with E-state index in [1.54, 1.807) is 12.1 Å². The van der Waals surface area contributed by atoms with E-state index in [1.165, 1.54) is 0 Å². The van der Waals surface area contributed by atoms with Crippen molar-refractivity contribution in [3.05, 3.63) is 34.3 Å². The van der Waals surface area contributed by atoms with Gasteiger partial charge in [0.25, 0.3) is 0 Å². The maximum atomic E-state index is 11.7. The number of hydrogen-bond acceptors (Lipinski definition) is 1. The van der Waals surface area contributed by atoms with Gasteiger partial charge in [-0.3, -0.25) is 4.79 Å².